The van der Waals surface area contributed by atoms with Crippen molar-refractivity contribution in [1.82, 2.24) is 4.90 Å². The first-order chi connectivity index (χ1) is 9.11. The Kier molecular flexibility index (Phi) is 4.26. The van der Waals surface area contributed by atoms with Crippen LogP contribution in [-0.4, -0.2) is 24.4 Å². The van der Waals surface area contributed by atoms with Gasteiger partial charge in [0, 0.05) is 16.9 Å². The van der Waals surface area contributed by atoms with Gasteiger partial charge in [-0.25, -0.2) is 0 Å². The fourth-order valence-corrected chi connectivity index (χ4v) is 2.83. The van der Waals surface area contributed by atoms with Crippen LogP contribution in [0.3, 0.4) is 0 Å². The minimum Gasteiger partial charge on any atom is -0.330 e. The molecule has 2 aromatic rings. The van der Waals surface area contributed by atoms with Gasteiger partial charge < -0.3 is 4.90 Å². The molecule has 0 spiro atoms. The smallest absolute Gasteiger partial charge is 0.264 e. The predicted octanol–water partition coefficient (Wildman–Crippen LogP) is 3.77. The number of nitrogens with zero attached hydrogens (tertiary/aromatic N) is 1. The highest BCUT2D eigenvalue weighted by atomic mass is 35.5. The third kappa shape index (κ3) is 3.17. The van der Waals surface area contributed by atoms with E-state index < -0.39 is 0 Å². The minimum absolute atomic E-state index is 0.0590. The van der Waals surface area contributed by atoms with E-state index in [1.165, 1.54) is 16.2 Å². The molecule has 0 saturated carbocycles. The summed E-state index contributed by atoms with van der Waals surface area (Å²) in [4.78, 5) is 15.3. The maximum Gasteiger partial charge on any atom is 0.264 e. The van der Waals surface area contributed by atoms with E-state index in [4.69, 9.17) is 18.0 Å². The van der Waals surface area contributed by atoms with Crippen molar-refractivity contribution in [2.45, 2.75) is 0 Å². The molecule has 19 heavy (non-hydrogen) atoms. The van der Waals surface area contributed by atoms with Crippen molar-refractivity contribution in [3.8, 4) is 22.8 Å². The normalized spacial score (nSPS) is 9.95. The molecule has 4 heteroatoms. The van der Waals surface area contributed by atoms with E-state index in [1.807, 2.05) is 36.4 Å². The number of carbonyl (C=O) groups is 1. The van der Waals surface area contributed by atoms with Gasteiger partial charge in [-0.15, -0.1) is 17.8 Å². The highest BCUT2D eigenvalue weighted by Crippen LogP contribution is 2.30. The van der Waals surface area contributed by atoms with Crippen LogP contribution in [0.15, 0.2) is 36.4 Å². The zero-order valence-corrected chi connectivity index (χ0v) is 12.0. The van der Waals surface area contributed by atoms with Crippen molar-refractivity contribution < 1.29 is 4.79 Å². The molecule has 0 N–H and O–H groups in total. The summed E-state index contributed by atoms with van der Waals surface area (Å²) >= 11 is 7.40. The van der Waals surface area contributed by atoms with Crippen molar-refractivity contribution >= 4 is 28.8 Å². The fraction of sp³-hybridized carbons (Fsp3) is 0.133. The Morgan fingerprint density at radius 3 is 2.89 bits per heavy atom. The molecule has 0 aliphatic rings. The van der Waals surface area contributed by atoms with Crippen LogP contribution in [0.4, 0.5) is 0 Å². The van der Waals surface area contributed by atoms with Gasteiger partial charge in [0.25, 0.3) is 5.91 Å². The summed E-state index contributed by atoms with van der Waals surface area (Å²) in [7, 11) is 1.70. The third-order valence-electron chi connectivity index (χ3n) is 2.60. The molecule has 1 aromatic carbocycles. The van der Waals surface area contributed by atoms with E-state index in [0.29, 0.717) is 16.4 Å². The van der Waals surface area contributed by atoms with Gasteiger partial charge in [0.1, 0.15) is 0 Å². The Labute approximate surface area is 121 Å². The summed E-state index contributed by atoms with van der Waals surface area (Å²) < 4.78 is 0. The van der Waals surface area contributed by atoms with E-state index in [9.17, 15) is 4.79 Å². The molecular formula is C15H12ClNOS. The van der Waals surface area contributed by atoms with Crippen LogP contribution in [0, 0.1) is 12.3 Å². The van der Waals surface area contributed by atoms with Crippen LogP contribution >= 0.6 is 22.9 Å². The molecular weight excluding hydrogens is 278 g/mol. The topological polar surface area (TPSA) is 20.3 Å². The summed E-state index contributed by atoms with van der Waals surface area (Å²) in [5.41, 5.74) is 1.01. The number of rotatable bonds is 3. The van der Waals surface area contributed by atoms with Crippen LogP contribution in [0.25, 0.3) is 10.4 Å². The Hall–Kier alpha value is -1.76. The molecule has 2 nitrogen and oxygen atoms in total. The molecule has 0 atom stereocenters. The van der Waals surface area contributed by atoms with E-state index in [0.717, 1.165) is 10.4 Å². The average Bonchev–Trinajstić information content (AvgIpc) is 2.87. The standard InChI is InChI=1S/C15H12ClNOS/c1-3-9-17(2)15(18)14-8-7-13(19-14)11-5-4-6-12(16)10-11/h1,4-8,10H,9H2,2H3. The second-order valence-corrected chi connectivity index (χ2v) is 5.56. The van der Waals surface area contributed by atoms with E-state index >= 15 is 0 Å². The van der Waals surface area contributed by atoms with Crippen LogP contribution in [0.5, 0.6) is 0 Å². The zero-order valence-electron chi connectivity index (χ0n) is 10.4. The van der Waals surface area contributed by atoms with Gasteiger partial charge in [-0.05, 0) is 29.8 Å². The number of benzene rings is 1. The summed E-state index contributed by atoms with van der Waals surface area (Å²) in [6, 6.07) is 11.3. The van der Waals surface area contributed by atoms with Crippen molar-refractivity contribution in [1.29, 1.82) is 0 Å². The highest BCUT2D eigenvalue weighted by molar-refractivity contribution is 7.17. The van der Waals surface area contributed by atoms with Gasteiger partial charge in [-0.1, -0.05) is 29.7 Å². The maximum atomic E-state index is 12.1. The van der Waals surface area contributed by atoms with Crippen LogP contribution in [-0.2, 0) is 0 Å². The molecule has 0 aliphatic heterocycles. The van der Waals surface area contributed by atoms with Crippen molar-refractivity contribution in [2.75, 3.05) is 13.6 Å². The summed E-state index contributed by atoms with van der Waals surface area (Å²) in [5.74, 6) is 2.40. The predicted molar refractivity (Wildman–Crippen MR) is 80.6 cm³/mol. The number of halogens is 1. The molecule has 0 saturated heterocycles. The molecule has 0 fully saturated rings. The monoisotopic (exact) mass is 289 g/mol. The van der Waals surface area contributed by atoms with E-state index in [1.54, 1.807) is 7.05 Å². The lowest BCUT2D eigenvalue weighted by molar-refractivity contribution is 0.0817. The lowest BCUT2D eigenvalue weighted by Gasteiger charge is -2.11. The van der Waals surface area contributed by atoms with Gasteiger partial charge in [0.2, 0.25) is 0 Å². The van der Waals surface area contributed by atoms with Gasteiger partial charge in [-0.2, -0.15) is 0 Å². The molecule has 1 aromatic heterocycles. The zero-order chi connectivity index (χ0) is 13.8. The quantitative estimate of drug-likeness (QED) is 0.788. The first kappa shape index (κ1) is 13.7. The molecule has 2 rings (SSSR count). The molecule has 1 amide bonds. The molecule has 96 valence electrons. The molecule has 0 radical (unpaired) electrons. The lowest BCUT2D eigenvalue weighted by atomic mass is 10.2. The molecule has 1 heterocycles. The first-order valence-electron chi connectivity index (χ1n) is 5.66. The Morgan fingerprint density at radius 1 is 1.42 bits per heavy atom. The number of carbonyl (C=O) groups excluding carboxylic acids is 1. The van der Waals surface area contributed by atoms with Crippen LogP contribution in [0.1, 0.15) is 9.67 Å². The minimum atomic E-state index is -0.0590. The number of amides is 1. The average molecular weight is 290 g/mol. The largest absolute Gasteiger partial charge is 0.330 e. The number of thiophene rings is 1. The third-order valence-corrected chi connectivity index (χ3v) is 3.96. The maximum absolute atomic E-state index is 12.1. The van der Waals surface area contributed by atoms with Crippen LogP contribution in [0.2, 0.25) is 5.02 Å². The van der Waals surface area contributed by atoms with Crippen molar-refractivity contribution in [3.05, 3.63) is 46.3 Å². The number of hydrogen-bond donors (Lipinski definition) is 0. The van der Waals surface area contributed by atoms with Crippen molar-refractivity contribution in [3.63, 3.8) is 0 Å². The second-order valence-electron chi connectivity index (χ2n) is 4.04. The molecule has 0 aliphatic carbocycles. The van der Waals surface area contributed by atoms with Gasteiger partial charge >= 0.3 is 0 Å². The van der Waals surface area contributed by atoms with Gasteiger partial charge in [0.15, 0.2) is 0 Å². The Balaban J connectivity index is 2.25. The van der Waals surface area contributed by atoms with Crippen LogP contribution < -0.4 is 0 Å². The highest BCUT2D eigenvalue weighted by Gasteiger charge is 2.14. The second kappa shape index (κ2) is 5.92. The van der Waals surface area contributed by atoms with Crippen molar-refractivity contribution in [2.24, 2.45) is 0 Å². The summed E-state index contributed by atoms with van der Waals surface area (Å²) in [5, 5.41) is 0.684. The van der Waals surface area contributed by atoms with E-state index in [-0.39, 0.29) is 5.91 Å². The van der Waals surface area contributed by atoms with Gasteiger partial charge in [-0.3, -0.25) is 4.79 Å². The number of hydrogen-bond acceptors (Lipinski definition) is 2. The fourth-order valence-electron chi connectivity index (χ4n) is 1.65. The van der Waals surface area contributed by atoms with E-state index in [2.05, 4.69) is 5.92 Å². The molecule has 0 unspecified atom stereocenters. The molecule has 0 bridgehead atoms. The summed E-state index contributed by atoms with van der Waals surface area (Å²) in [6.07, 6.45) is 5.20. The van der Waals surface area contributed by atoms with Gasteiger partial charge in [0.05, 0.1) is 11.4 Å². The number of terminal acetylenes is 1. The summed E-state index contributed by atoms with van der Waals surface area (Å²) in [6.45, 7) is 0.309. The lowest BCUT2D eigenvalue weighted by Crippen LogP contribution is -2.26. The first-order valence-corrected chi connectivity index (χ1v) is 6.86. The Bertz CT molecular complexity index is 642. The Morgan fingerprint density at radius 2 is 2.21 bits per heavy atom. The SMILES string of the molecule is C#CCN(C)C(=O)c1ccc(-c2cccc(Cl)c2)s1.